The fourth-order valence-corrected chi connectivity index (χ4v) is 3.94. The molecule has 0 unspecified atom stereocenters. The first-order chi connectivity index (χ1) is 13.4. The van der Waals surface area contributed by atoms with Gasteiger partial charge in [0.05, 0.1) is 18.8 Å². The number of ether oxygens (including phenoxy) is 2. The van der Waals surface area contributed by atoms with E-state index in [1.807, 2.05) is 18.2 Å². The number of anilines is 1. The molecule has 0 atom stereocenters. The minimum Gasteiger partial charge on any atom is -0.462 e. The molecule has 6 nitrogen and oxygen atoms in total. The molecule has 2 N–H and O–H groups in total. The average Bonchev–Trinajstić information content (AvgIpc) is 2.97. The van der Waals surface area contributed by atoms with Crippen LogP contribution in [0.1, 0.15) is 45.0 Å². The normalized spacial score (nSPS) is 10.3. The van der Waals surface area contributed by atoms with Crippen molar-refractivity contribution in [1.29, 1.82) is 0 Å². The van der Waals surface area contributed by atoms with Gasteiger partial charge in [-0.05, 0) is 50.2 Å². The summed E-state index contributed by atoms with van der Waals surface area (Å²) in [5.74, 6) is -1.01. The summed E-state index contributed by atoms with van der Waals surface area (Å²) in [5.41, 5.74) is 1.66. The average molecular weight is 441 g/mol. The fraction of sp³-hybridized carbons (Fsp3) is 0.316. The van der Waals surface area contributed by atoms with Crippen LogP contribution in [0.2, 0.25) is 5.02 Å². The second-order valence-electron chi connectivity index (χ2n) is 5.60. The Hall–Kier alpha value is -2.16. The van der Waals surface area contributed by atoms with Crippen LogP contribution in [-0.2, 0) is 16.0 Å². The van der Waals surface area contributed by atoms with E-state index in [1.165, 1.54) is 0 Å². The summed E-state index contributed by atoms with van der Waals surface area (Å²) in [6, 6.07) is 7.41. The Bertz CT molecular complexity index is 883. The number of carbonyl (C=O) groups is 2. The van der Waals surface area contributed by atoms with Gasteiger partial charge in [0.1, 0.15) is 9.88 Å². The lowest BCUT2D eigenvalue weighted by atomic mass is 10.1. The lowest BCUT2D eigenvalue weighted by molar-refractivity contribution is 0.0527. The largest absolute Gasteiger partial charge is 0.462 e. The first-order valence-corrected chi connectivity index (χ1v) is 10.2. The second-order valence-corrected chi connectivity index (χ2v) is 7.44. The molecule has 1 heterocycles. The quantitative estimate of drug-likeness (QED) is 0.483. The minimum absolute atomic E-state index is 0.220. The molecule has 1 aromatic carbocycles. The van der Waals surface area contributed by atoms with Crippen LogP contribution in [-0.4, -0.2) is 30.3 Å². The number of carbonyl (C=O) groups excluding carboxylic acids is 2. The smallest absolute Gasteiger partial charge is 0.348 e. The molecule has 0 aliphatic carbocycles. The lowest BCUT2D eigenvalue weighted by Crippen LogP contribution is -2.28. The van der Waals surface area contributed by atoms with Crippen molar-refractivity contribution in [1.82, 2.24) is 5.32 Å². The summed E-state index contributed by atoms with van der Waals surface area (Å²) in [7, 11) is 0. The monoisotopic (exact) mass is 440 g/mol. The summed E-state index contributed by atoms with van der Waals surface area (Å²) in [6.45, 7) is 5.99. The predicted molar refractivity (Wildman–Crippen MR) is 115 cm³/mol. The number of hydrogen-bond donors (Lipinski definition) is 2. The van der Waals surface area contributed by atoms with Crippen LogP contribution < -0.4 is 10.6 Å². The van der Waals surface area contributed by atoms with Gasteiger partial charge in [0.2, 0.25) is 0 Å². The zero-order chi connectivity index (χ0) is 20.7. The third kappa shape index (κ3) is 5.43. The Morgan fingerprint density at radius 3 is 2.43 bits per heavy atom. The van der Waals surface area contributed by atoms with Gasteiger partial charge in [0.25, 0.3) is 0 Å². The first-order valence-electron chi connectivity index (χ1n) is 8.64. The molecule has 2 rings (SSSR count). The number of thiocarbonyl (C=S) groups is 1. The van der Waals surface area contributed by atoms with Crippen LogP contribution in [0.5, 0.6) is 0 Å². The van der Waals surface area contributed by atoms with E-state index in [9.17, 15) is 9.59 Å². The summed E-state index contributed by atoms with van der Waals surface area (Å²) in [4.78, 5) is 24.9. The highest BCUT2D eigenvalue weighted by atomic mass is 35.5. The van der Waals surface area contributed by atoms with Gasteiger partial charge < -0.3 is 20.1 Å². The van der Waals surface area contributed by atoms with E-state index in [0.29, 0.717) is 32.1 Å². The van der Waals surface area contributed by atoms with E-state index in [-0.39, 0.29) is 18.8 Å². The van der Waals surface area contributed by atoms with E-state index < -0.39 is 11.9 Å². The molecule has 28 heavy (non-hydrogen) atoms. The van der Waals surface area contributed by atoms with E-state index >= 15 is 0 Å². The number of benzene rings is 1. The highest BCUT2D eigenvalue weighted by Crippen LogP contribution is 2.34. The van der Waals surface area contributed by atoms with E-state index in [2.05, 4.69) is 10.6 Å². The zero-order valence-corrected chi connectivity index (χ0v) is 18.1. The van der Waals surface area contributed by atoms with Crippen molar-refractivity contribution in [3.05, 3.63) is 50.9 Å². The van der Waals surface area contributed by atoms with Crippen molar-refractivity contribution in [3.63, 3.8) is 0 Å². The van der Waals surface area contributed by atoms with Crippen LogP contribution in [0.4, 0.5) is 5.00 Å². The Balaban J connectivity index is 2.21. The second kappa shape index (κ2) is 10.4. The van der Waals surface area contributed by atoms with Gasteiger partial charge in [-0.3, -0.25) is 0 Å². The van der Waals surface area contributed by atoms with Gasteiger partial charge in [-0.2, -0.15) is 0 Å². The minimum atomic E-state index is -0.525. The van der Waals surface area contributed by atoms with Crippen molar-refractivity contribution in [3.8, 4) is 0 Å². The van der Waals surface area contributed by atoms with Gasteiger partial charge >= 0.3 is 11.9 Å². The topological polar surface area (TPSA) is 76.7 Å². The van der Waals surface area contributed by atoms with Gasteiger partial charge in [0.15, 0.2) is 5.11 Å². The molecule has 0 radical (unpaired) electrons. The molecule has 0 saturated heterocycles. The predicted octanol–water partition coefficient (Wildman–Crippen LogP) is 4.55. The maximum absolute atomic E-state index is 12.4. The number of thiophene rings is 1. The first kappa shape index (κ1) is 22.1. The summed E-state index contributed by atoms with van der Waals surface area (Å²) < 4.78 is 10.2. The third-order valence-corrected chi connectivity index (χ3v) is 5.51. The number of halogens is 1. The van der Waals surface area contributed by atoms with Crippen molar-refractivity contribution < 1.29 is 19.1 Å². The third-order valence-electron chi connectivity index (χ3n) is 3.71. The van der Waals surface area contributed by atoms with Crippen molar-refractivity contribution in [2.45, 2.75) is 27.3 Å². The van der Waals surface area contributed by atoms with E-state index in [0.717, 1.165) is 16.9 Å². The Labute approximate surface area is 178 Å². The standard InChI is InChI=1S/C19H21ClN2O4S2/c1-4-25-17(23)14-11(3)15(18(24)26-5-2)28-16(14)22-19(27)21-10-12-8-6-7-9-13(12)20/h6-9H,4-5,10H2,1-3H3,(H2,21,22,27). The molecule has 9 heteroatoms. The van der Waals surface area contributed by atoms with Crippen LogP contribution in [0, 0.1) is 6.92 Å². The number of rotatable bonds is 7. The Morgan fingerprint density at radius 1 is 1.14 bits per heavy atom. The maximum atomic E-state index is 12.4. The summed E-state index contributed by atoms with van der Waals surface area (Å²) >= 11 is 12.6. The number of nitrogens with one attached hydrogen (secondary N) is 2. The molecule has 0 bridgehead atoms. The molecule has 0 saturated carbocycles. The van der Waals surface area contributed by atoms with Crippen LogP contribution >= 0.6 is 35.2 Å². The zero-order valence-electron chi connectivity index (χ0n) is 15.8. The van der Waals surface area contributed by atoms with E-state index in [4.69, 9.17) is 33.3 Å². The van der Waals surface area contributed by atoms with Gasteiger partial charge in [-0.1, -0.05) is 29.8 Å². The van der Waals surface area contributed by atoms with Crippen LogP contribution in [0.25, 0.3) is 0 Å². The van der Waals surface area contributed by atoms with E-state index in [1.54, 1.807) is 26.8 Å². The molecule has 1 aromatic heterocycles. The molecule has 2 aromatic rings. The molecule has 0 fully saturated rings. The van der Waals surface area contributed by atoms with Gasteiger partial charge in [-0.15, -0.1) is 11.3 Å². The van der Waals surface area contributed by atoms with Crippen molar-refractivity contribution in [2.75, 3.05) is 18.5 Å². The lowest BCUT2D eigenvalue weighted by Gasteiger charge is -2.11. The summed E-state index contributed by atoms with van der Waals surface area (Å²) in [6.07, 6.45) is 0. The molecular weight excluding hydrogens is 420 g/mol. The molecule has 0 aliphatic heterocycles. The Morgan fingerprint density at radius 2 is 1.79 bits per heavy atom. The molecular formula is C19H21ClN2O4S2. The fourth-order valence-electron chi connectivity index (χ4n) is 2.41. The highest BCUT2D eigenvalue weighted by molar-refractivity contribution is 7.80. The highest BCUT2D eigenvalue weighted by Gasteiger charge is 2.26. The van der Waals surface area contributed by atoms with Crippen LogP contribution in [0.15, 0.2) is 24.3 Å². The van der Waals surface area contributed by atoms with Crippen LogP contribution in [0.3, 0.4) is 0 Å². The molecule has 0 aliphatic rings. The molecule has 150 valence electrons. The SMILES string of the molecule is CCOC(=O)c1sc(NC(=S)NCc2ccccc2Cl)c(C(=O)OCC)c1C. The Kier molecular flexibility index (Phi) is 8.22. The maximum Gasteiger partial charge on any atom is 0.348 e. The summed E-state index contributed by atoms with van der Waals surface area (Å²) in [5, 5.41) is 7.38. The van der Waals surface area contributed by atoms with Crippen molar-refractivity contribution >= 4 is 57.2 Å². The number of hydrogen-bond acceptors (Lipinski definition) is 6. The van der Waals surface area contributed by atoms with Crippen molar-refractivity contribution in [2.24, 2.45) is 0 Å². The molecule has 0 spiro atoms. The molecule has 0 amide bonds. The number of esters is 2. The van der Waals surface area contributed by atoms with Gasteiger partial charge in [0, 0.05) is 11.6 Å². The van der Waals surface area contributed by atoms with Gasteiger partial charge in [-0.25, -0.2) is 9.59 Å².